The van der Waals surface area contributed by atoms with E-state index in [1.807, 2.05) is 0 Å². The van der Waals surface area contributed by atoms with Crippen molar-refractivity contribution in [2.75, 3.05) is 0 Å². The molecule has 0 amide bonds. The molecule has 1 aromatic carbocycles. The van der Waals surface area contributed by atoms with Crippen LogP contribution in [0.25, 0.3) is 0 Å². The molecule has 0 aliphatic rings. The number of carbonyl (C=O) groups is 2. The van der Waals surface area contributed by atoms with E-state index in [1.165, 1.54) is 12.1 Å². The minimum Gasteiger partial charge on any atom is -0.481 e. The number of carboxylic acid groups (broad SMARTS) is 2. The molecule has 16 heavy (non-hydrogen) atoms. The number of aliphatic carboxylic acids is 1. The summed E-state index contributed by atoms with van der Waals surface area (Å²) < 4.78 is 0. The molecule has 1 rings (SSSR count). The number of halogens is 1. The summed E-state index contributed by atoms with van der Waals surface area (Å²) in [5, 5.41) is 17.3. The van der Waals surface area contributed by atoms with Crippen LogP contribution in [0.2, 0.25) is 5.02 Å². The summed E-state index contributed by atoms with van der Waals surface area (Å²) in [6.07, 6.45) is -0.342. The fourth-order valence-corrected chi connectivity index (χ4v) is 1.32. The zero-order chi connectivity index (χ0) is 12.1. The van der Waals surface area contributed by atoms with E-state index >= 15 is 0 Å². The second-order valence-electron chi connectivity index (χ2n) is 2.84. The molecule has 0 aliphatic carbocycles. The van der Waals surface area contributed by atoms with Gasteiger partial charge in [0.25, 0.3) is 0 Å². The largest absolute Gasteiger partial charge is 0.481 e. The van der Waals surface area contributed by atoms with E-state index in [-0.39, 0.29) is 22.6 Å². The van der Waals surface area contributed by atoms with Gasteiger partial charge in [0.15, 0.2) is 0 Å². The standard InChI is InChI=1S/C11H7ClO4/c12-8-5-1-3-7(10(8)11(15)16)4-2-6-9(13)14/h1,3,5H,6H2,(H,13,14)(H,15,16). The van der Waals surface area contributed by atoms with Crippen molar-refractivity contribution in [3.63, 3.8) is 0 Å². The highest BCUT2D eigenvalue weighted by molar-refractivity contribution is 6.33. The Bertz CT molecular complexity index is 496. The Morgan fingerprint density at radius 1 is 1.31 bits per heavy atom. The van der Waals surface area contributed by atoms with Gasteiger partial charge in [-0.3, -0.25) is 4.79 Å². The predicted octanol–water partition coefficient (Wildman–Crippen LogP) is 1.86. The quantitative estimate of drug-likeness (QED) is 0.772. The fourth-order valence-electron chi connectivity index (χ4n) is 1.06. The van der Waals surface area contributed by atoms with Crippen LogP contribution in [0, 0.1) is 11.8 Å². The third-order valence-electron chi connectivity index (χ3n) is 1.69. The Balaban J connectivity index is 3.12. The minimum absolute atomic E-state index is 0.0784. The Morgan fingerprint density at radius 3 is 2.56 bits per heavy atom. The molecule has 0 bridgehead atoms. The van der Waals surface area contributed by atoms with Crippen molar-refractivity contribution in [2.24, 2.45) is 0 Å². The van der Waals surface area contributed by atoms with Gasteiger partial charge in [-0.15, -0.1) is 0 Å². The van der Waals surface area contributed by atoms with Crippen LogP contribution in [0.5, 0.6) is 0 Å². The molecular weight excluding hydrogens is 232 g/mol. The molecule has 0 radical (unpaired) electrons. The molecule has 4 nitrogen and oxygen atoms in total. The number of aromatic carboxylic acids is 1. The molecule has 0 aliphatic heterocycles. The van der Waals surface area contributed by atoms with Crippen molar-refractivity contribution in [3.8, 4) is 11.8 Å². The summed E-state index contributed by atoms with van der Waals surface area (Å²) in [5.41, 5.74) is 0.100. The monoisotopic (exact) mass is 238 g/mol. The second kappa shape index (κ2) is 5.19. The lowest BCUT2D eigenvalue weighted by molar-refractivity contribution is -0.135. The van der Waals surface area contributed by atoms with Crippen molar-refractivity contribution in [3.05, 3.63) is 34.3 Å². The van der Waals surface area contributed by atoms with E-state index < -0.39 is 11.9 Å². The normalized spacial score (nSPS) is 9.06. The van der Waals surface area contributed by atoms with Crippen molar-refractivity contribution in [1.82, 2.24) is 0 Å². The summed E-state index contributed by atoms with van der Waals surface area (Å²) >= 11 is 5.70. The molecule has 0 saturated carbocycles. The highest BCUT2D eigenvalue weighted by atomic mass is 35.5. The zero-order valence-corrected chi connectivity index (χ0v) is 8.78. The number of hydrogen-bond donors (Lipinski definition) is 2. The third-order valence-corrected chi connectivity index (χ3v) is 2.01. The second-order valence-corrected chi connectivity index (χ2v) is 3.25. The fraction of sp³-hybridized carbons (Fsp3) is 0.0909. The van der Waals surface area contributed by atoms with Gasteiger partial charge in [-0.1, -0.05) is 29.5 Å². The first-order valence-corrected chi connectivity index (χ1v) is 4.62. The van der Waals surface area contributed by atoms with Gasteiger partial charge in [0.1, 0.15) is 6.42 Å². The smallest absolute Gasteiger partial charge is 0.338 e. The lowest BCUT2D eigenvalue weighted by atomic mass is 10.1. The van der Waals surface area contributed by atoms with E-state index in [2.05, 4.69) is 11.8 Å². The predicted molar refractivity (Wildman–Crippen MR) is 57.5 cm³/mol. The summed E-state index contributed by atoms with van der Waals surface area (Å²) in [6, 6.07) is 4.47. The van der Waals surface area contributed by atoms with Crippen LogP contribution >= 0.6 is 11.6 Å². The van der Waals surface area contributed by atoms with Crippen LogP contribution < -0.4 is 0 Å². The summed E-state index contributed by atoms with van der Waals surface area (Å²) in [5.74, 6) is 2.57. The van der Waals surface area contributed by atoms with Gasteiger partial charge in [0.2, 0.25) is 0 Å². The Kier molecular flexibility index (Phi) is 3.92. The first-order chi connectivity index (χ1) is 7.52. The van der Waals surface area contributed by atoms with Gasteiger partial charge in [0, 0.05) is 5.56 Å². The van der Waals surface area contributed by atoms with Gasteiger partial charge in [-0.25, -0.2) is 4.79 Å². The molecule has 0 unspecified atom stereocenters. The maximum atomic E-state index is 10.9. The van der Waals surface area contributed by atoms with Gasteiger partial charge in [-0.2, -0.15) is 0 Å². The lowest BCUT2D eigenvalue weighted by Gasteiger charge is -2.00. The average molecular weight is 239 g/mol. The molecule has 0 aromatic heterocycles. The van der Waals surface area contributed by atoms with E-state index in [4.69, 9.17) is 21.8 Å². The first kappa shape index (κ1) is 12.1. The van der Waals surface area contributed by atoms with Gasteiger partial charge in [-0.05, 0) is 12.1 Å². The van der Waals surface area contributed by atoms with E-state index in [9.17, 15) is 9.59 Å². The Morgan fingerprint density at radius 2 is 2.00 bits per heavy atom. The van der Waals surface area contributed by atoms with Crippen LogP contribution in [-0.2, 0) is 4.79 Å². The van der Waals surface area contributed by atoms with Crippen molar-refractivity contribution >= 4 is 23.5 Å². The molecular formula is C11H7ClO4. The maximum Gasteiger partial charge on any atom is 0.338 e. The van der Waals surface area contributed by atoms with Crippen molar-refractivity contribution in [2.45, 2.75) is 6.42 Å². The summed E-state index contributed by atoms with van der Waals surface area (Å²) in [4.78, 5) is 21.1. The van der Waals surface area contributed by atoms with Gasteiger partial charge >= 0.3 is 11.9 Å². The zero-order valence-electron chi connectivity index (χ0n) is 8.03. The van der Waals surface area contributed by atoms with Crippen LogP contribution in [-0.4, -0.2) is 22.2 Å². The van der Waals surface area contributed by atoms with Crippen LogP contribution in [0.3, 0.4) is 0 Å². The molecule has 0 fully saturated rings. The highest BCUT2D eigenvalue weighted by Crippen LogP contribution is 2.19. The van der Waals surface area contributed by atoms with E-state index in [1.54, 1.807) is 6.07 Å². The SMILES string of the molecule is O=C(O)CC#Cc1cccc(Cl)c1C(=O)O. The molecule has 0 spiro atoms. The first-order valence-electron chi connectivity index (χ1n) is 4.25. The molecule has 82 valence electrons. The average Bonchev–Trinajstić information content (AvgIpc) is 2.16. The molecule has 2 N–H and O–H groups in total. The Hall–Kier alpha value is -1.99. The Labute approximate surface area is 96.5 Å². The number of hydrogen-bond acceptors (Lipinski definition) is 2. The number of carboxylic acids is 2. The van der Waals surface area contributed by atoms with Crippen LogP contribution in [0.1, 0.15) is 22.3 Å². The molecule has 0 saturated heterocycles. The van der Waals surface area contributed by atoms with E-state index in [0.29, 0.717) is 0 Å². The number of rotatable bonds is 2. The van der Waals surface area contributed by atoms with Crippen LogP contribution in [0.15, 0.2) is 18.2 Å². The molecule has 1 aromatic rings. The minimum atomic E-state index is -1.19. The third kappa shape index (κ3) is 3.01. The topological polar surface area (TPSA) is 74.6 Å². The van der Waals surface area contributed by atoms with Crippen molar-refractivity contribution < 1.29 is 19.8 Å². The number of benzene rings is 1. The van der Waals surface area contributed by atoms with Crippen molar-refractivity contribution in [1.29, 1.82) is 0 Å². The summed E-state index contributed by atoms with van der Waals surface area (Å²) in [7, 11) is 0. The van der Waals surface area contributed by atoms with E-state index in [0.717, 1.165) is 0 Å². The lowest BCUT2D eigenvalue weighted by Crippen LogP contribution is -2.01. The molecule has 0 heterocycles. The highest BCUT2D eigenvalue weighted by Gasteiger charge is 2.12. The maximum absolute atomic E-state index is 10.9. The van der Waals surface area contributed by atoms with Gasteiger partial charge < -0.3 is 10.2 Å². The molecule has 0 atom stereocenters. The van der Waals surface area contributed by atoms with Gasteiger partial charge in [0.05, 0.1) is 10.6 Å². The summed E-state index contributed by atoms with van der Waals surface area (Å²) in [6.45, 7) is 0. The molecule has 5 heteroatoms. The van der Waals surface area contributed by atoms with Crippen LogP contribution in [0.4, 0.5) is 0 Å².